The van der Waals surface area contributed by atoms with Crippen LogP contribution in [0.25, 0.3) is 10.4 Å². The van der Waals surface area contributed by atoms with Crippen LogP contribution < -0.4 is 21.3 Å². The summed E-state index contributed by atoms with van der Waals surface area (Å²) in [6.45, 7) is 11.3. The minimum atomic E-state index is -0.989. The summed E-state index contributed by atoms with van der Waals surface area (Å²) in [5.41, 5.74) is 5.24. The van der Waals surface area contributed by atoms with Crippen molar-refractivity contribution in [3.63, 3.8) is 0 Å². The highest BCUT2D eigenvalue weighted by molar-refractivity contribution is 7.13. The molecular formula is C53H73N7O10S. The Morgan fingerprint density at radius 1 is 0.859 bits per heavy atom. The maximum absolute atomic E-state index is 14.0. The van der Waals surface area contributed by atoms with Gasteiger partial charge in [0, 0.05) is 71.0 Å². The van der Waals surface area contributed by atoms with Crippen LogP contribution in [0.15, 0.2) is 48.0 Å². The number of amides is 7. The van der Waals surface area contributed by atoms with Crippen molar-refractivity contribution < 1.29 is 48.1 Å². The van der Waals surface area contributed by atoms with Crippen molar-refractivity contribution in [2.75, 3.05) is 44.8 Å². The molecule has 3 aliphatic heterocycles. The van der Waals surface area contributed by atoms with Crippen LogP contribution in [-0.2, 0) is 40.0 Å². The molecule has 71 heavy (non-hydrogen) atoms. The number of rotatable bonds is 28. The van der Waals surface area contributed by atoms with E-state index in [-0.39, 0.29) is 67.6 Å². The van der Waals surface area contributed by atoms with Crippen LogP contribution in [0.5, 0.6) is 0 Å². The van der Waals surface area contributed by atoms with E-state index in [1.54, 1.807) is 29.5 Å². The molecule has 6 rings (SSSR count). The quantitative estimate of drug-likeness (QED) is 0.0391. The number of nitrogens with zero attached hydrogens (tertiary/aromatic N) is 3. The second kappa shape index (κ2) is 26.8. The van der Waals surface area contributed by atoms with Crippen molar-refractivity contribution in [1.82, 2.24) is 30.7 Å². The van der Waals surface area contributed by atoms with Gasteiger partial charge in [-0.2, -0.15) is 0 Å². The first-order chi connectivity index (χ1) is 34.1. The lowest BCUT2D eigenvalue weighted by molar-refractivity contribution is -0.144. The van der Waals surface area contributed by atoms with Crippen LogP contribution in [-0.4, -0.2) is 125 Å². The molecule has 0 aliphatic carbocycles. The summed E-state index contributed by atoms with van der Waals surface area (Å²) in [5.74, 6) is -2.99. The molecule has 0 radical (unpaired) electrons. The third-order valence-electron chi connectivity index (χ3n) is 13.2. The number of carbonyl (C=O) groups is 7. The van der Waals surface area contributed by atoms with E-state index in [0.29, 0.717) is 38.5 Å². The van der Waals surface area contributed by atoms with Gasteiger partial charge in [0.2, 0.25) is 29.5 Å². The molecule has 3 aliphatic rings. The van der Waals surface area contributed by atoms with E-state index in [4.69, 9.17) is 9.47 Å². The van der Waals surface area contributed by atoms with Gasteiger partial charge in [-0.15, -0.1) is 11.3 Å². The third kappa shape index (κ3) is 15.5. The highest BCUT2D eigenvalue weighted by Crippen LogP contribution is 2.33. The van der Waals surface area contributed by atoms with E-state index in [2.05, 4.69) is 26.3 Å². The van der Waals surface area contributed by atoms with Crippen LogP contribution in [0.2, 0.25) is 0 Å². The number of hydrogen-bond acceptors (Lipinski definition) is 13. The summed E-state index contributed by atoms with van der Waals surface area (Å²) < 4.78 is 11.7. The van der Waals surface area contributed by atoms with E-state index in [1.807, 2.05) is 57.5 Å². The molecule has 2 fully saturated rings. The van der Waals surface area contributed by atoms with Crippen molar-refractivity contribution in [3.8, 4) is 10.4 Å². The summed E-state index contributed by atoms with van der Waals surface area (Å²) >= 11 is 1.58. The van der Waals surface area contributed by atoms with Gasteiger partial charge in [0.25, 0.3) is 11.8 Å². The zero-order valence-electron chi connectivity index (χ0n) is 41.9. The van der Waals surface area contributed by atoms with Crippen molar-refractivity contribution in [1.29, 1.82) is 0 Å². The summed E-state index contributed by atoms with van der Waals surface area (Å²) in [4.78, 5) is 98.6. The maximum Gasteiger partial charge on any atom is 0.264 e. The zero-order chi connectivity index (χ0) is 50.9. The fourth-order valence-electron chi connectivity index (χ4n) is 9.21. The second-order valence-electron chi connectivity index (χ2n) is 19.9. The van der Waals surface area contributed by atoms with Gasteiger partial charge in [-0.1, -0.05) is 83.2 Å². The van der Waals surface area contributed by atoms with Crippen LogP contribution in [0.1, 0.15) is 149 Å². The summed E-state index contributed by atoms with van der Waals surface area (Å²) in [5, 5.41) is 22.0. The number of thiazole rings is 1. The highest BCUT2D eigenvalue weighted by atomic mass is 32.1. The summed E-state index contributed by atoms with van der Waals surface area (Å²) in [6.07, 6.45) is 10.0. The molecule has 0 spiro atoms. The van der Waals surface area contributed by atoms with Gasteiger partial charge in [0.1, 0.15) is 18.1 Å². The topological polar surface area (TPSA) is 226 Å². The monoisotopic (exact) mass is 1000 g/mol. The molecule has 386 valence electrons. The molecule has 2 aromatic carbocycles. The normalized spacial score (nSPS) is 18.4. The first-order valence-electron chi connectivity index (χ1n) is 25.4. The second-order valence-corrected chi connectivity index (χ2v) is 20.8. The summed E-state index contributed by atoms with van der Waals surface area (Å²) in [6, 6.07) is 10.3. The molecule has 4 heterocycles. The predicted molar refractivity (Wildman–Crippen MR) is 270 cm³/mol. The van der Waals surface area contributed by atoms with Crippen LogP contribution in [0, 0.1) is 12.3 Å². The number of benzene rings is 2. The Balaban J connectivity index is 0.749. The van der Waals surface area contributed by atoms with Gasteiger partial charge in [-0.25, -0.2) is 4.98 Å². The molecule has 5 N–H and O–H groups in total. The molecule has 17 nitrogen and oxygen atoms in total. The number of aliphatic hydroxyl groups is 1. The Labute approximate surface area is 421 Å². The maximum atomic E-state index is 14.0. The Kier molecular flexibility index (Phi) is 20.6. The average Bonchev–Trinajstić information content (AvgIpc) is 4.03. The lowest BCUT2D eigenvalue weighted by Gasteiger charge is -2.35. The van der Waals surface area contributed by atoms with Gasteiger partial charge >= 0.3 is 0 Å². The lowest BCUT2D eigenvalue weighted by atomic mass is 9.85. The number of carbonyl (C=O) groups excluding carboxylic acids is 7. The zero-order valence-corrected chi connectivity index (χ0v) is 42.7. The van der Waals surface area contributed by atoms with Gasteiger partial charge in [-0.3, -0.25) is 43.8 Å². The molecule has 18 heteroatoms. The highest BCUT2D eigenvalue weighted by Gasteiger charge is 2.46. The molecule has 3 aromatic rings. The number of nitrogens with one attached hydrogen (secondary N) is 4. The number of ether oxygens (including phenoxy) is 2. The fraction of sp³-hybridized carbons (Fsp3) is 0.585. The number of anilines is 1. The number of fused-ring (bicyclic) bond motifs is 1. The summed E-state index contributed by atoms with van der Waals surface area (Å²) in [7, 11) is 0. The minimum absolute atomic E-state index is 0.0250. The van der Waals surface area contributed by atoms with Crippen LogP contribution in [0.4, 0.5) is 5.69 Å². The molecule has 0 bridgehead atoms. The first kappa shape index (κ1) is 54.8. The van der Waals surface area contributed by atoms with Crippen molar-refractivity contribution in [2.45, 2.75) is 155 Å². The van der Waals surface area contributed by atoms with Gasteiger partial charge in [-0.05, 0) is 80.5 Å². The minimum Gasteiger partial charge on any atom is -0.391 e. The molecular weight excluding hydrogens is 927 g/mol. The van der Waals surface area contributed by atoms with E-state index < -0.39 is 53.3 Å². The number of hydrogen-bond donors (Lipinski definition) is 5. The molecule has 1 aromatic heterocycles. The smallest absolute Gasteiger partial charge is 0.264 e. The number of aryl methyl sites for hydroxylation is 1. The number of aromatic nitrogens is 1. The lowest BCUT2D eigenvalue weighted by Crippen LogP contribution is -2.57. The largest absolute Gasteiger partial charge is 0.391 e. The fourth-order valence-corrected chi connectivity index (χ4v) is 10.0. The SMILES string of the molecule is Cc1ncsc1-c1ccc(CNC(=O)C2CC(O)CN2C(=O)C(NC(=O)CCCCCOCCCCCCOCCCCCCNc2cccc3c2C(=O)N(C2CCC(=O)NC2=O)C3=O)C(C)(C)C)cc1. The number of unbranched alkanes of at least 4 members (excludes halogenated alkanes) is 8. The van der Waals surface area contributed by atoms with E-state index in [9.17, 15) is 38.7 Å². The Morgan fingerprint density at radius 2 is 1.51 bits per heavy atom. The van der Waals surface area contributed by atoms with Gasteiger partial charge in [0.15, 0.2) is 0 Å². The number of aliphatic hydroxyl groups excluding tert-OH is 1. The first-order valence-corrected chi connectivity index (χ1v) is 26.3. The Bertz CT molecular complexity index is 2310. The Morgan fingerprint density at radius 3 is 2.13 bits per heavy atom. The number of likely N-dealkylation sites (tertiary alicyclic amines) is 1. The van der Waals surface area contributed by atoms with E-state index in [1.165, 1.54) is 4.90 Å². The van der Waals surface area contributed by atoms with Crippen molar-refractivity contribution >= 4 is 58.4 Å². The average molecular weight is 1000 g/mol. The van der Waals surface area contributed by atoms with Crippen LogP contribution in [0.3, 0.4) is 0 Å². The number of piperidine rings is 1. The molecule has 7 amide bonds. The third-order valence-corrected chi connectivity index (χ3v) is 14.2. The standard InChI is InChI=1S/C53H73N7O10S/c1-35-46(71-34-56-35)37-22-20-36(21-23-37)32-55-48(64)42-31-38(61)33-59(42)52(68)47(53(2,3)4)57-43(62)19-10-9-15-30-70-29-14-8-7-13-28-69-27-12-6-5-11-26-54-40-18-16-17-39-45(40)51(67)60(50(39)66)41-24-25-44(63)58-49(41)65/h16-18,20-23,34,38,41-42,47,54,61H,5-15,19,24-33H2,1-4H3,(H,55,64)(H,57,62)(H,58,63,65). The van der Waals surface area contributed by atoms with E-state index >= 15 is 0 Å². The van der Waals surface area contributed by atoms with Gasteiger partial charge in [0.05, 0.1) is 33.3 Å². The molecule has 4 unspecified atom stereocenters. The molecule has 2 saturated heterocycles. The van der Waals surface area contributed by atoms with Crippen LogP contribution >= 0.6 is 11.3 Å². The molecule has 0 saturated carbocycles. The number of imide groups is 2. The Hall–Kier alpha value is -5.56. The predicted octanol–water partition coefficient (Wildman–Crippen LogP) is 6.46. The molecule has 4 atom stereocenters. The van der Waals surface area contributed by atoms with Crippen molar-refractivity contribution in [2.24, 2.45) is 5.41 Å². The number of β-amino-alcohol motifs (C(OH)–C–C–N with tert-alkyl or cyclic N) is 1. The van der Waals surface area contributed by atoms with E-state index in [0.717, 1.165) is 97.4 Å². The van der Waals surface area contributed by atoms with Crippen molar-refractivity contribution in [3.05, 3.63) is 70.4 Å². The van der Waals surface area contributed by atoms with Gasteiger partial charge < -0.3 is 35.4 Å².